The highest BCUT2D eigenvalue weighted by molar-refractivity contribution is 6.34. The maximum atomic E-state index is 13.1. The standard InChI is InChI=1S/C32H32ClN3O6/c1-19-23(9-7-11-25(19)36-30(38)27-15-13-22(18-35-27)32(41-4)42-5)24-10-6-8-20(29(24)33)16-28(37)26-14-12-21(17-34-26)31(39-2)40-3/h6-15,17-18,31-32H,16H2,1-5H3,(H,36,38). The Morgan fingerprint density at radius 1 is 0.762 bits per heavy atom. The Labute approximate surface area is 249 Å². The maximum absolute atomic E-state index is 13.1. The predicted molar refractivity (Wildman–Crippen MR) is 160 cm³/mol. The number of carbonyl (C=O) groups excluding carboxylic acids is 2. The number of ketones is 1. The average Bonchev–Trinajstić information content (AvgIpc) is 3.01. The molecule has 10 heteroatoms. The lowest BCUT2D eigenvalue weighted by Gasteiger charge is -2.16. The van der Waals surface area contributed by atoms with E-state index >= 15 is 0 Å². The van der Waals surface area contributed by atoms with Gasteiger partial charge in [-0.1, -0.05) is 54.1 Å². The third-order valence-electron chi connectivity index (χ3n) is 6.79. The summed E-state index contributed by atoms with van der Waals surface area (Å²) in [4.78, 5) is 34.6. The van der Waals surface area contributed by atoms with Gasteiger partial charge in [0.2, 0.25) is 0 Å². The van der Waals surface area contributed by atoms with Gasteiger partial charge in [0, 0.05) is 69.6 Å². The molecule has 218 valence electrons. The van der Waals surface area contributed by atoms with Crippen molar-refractivity contribution >= 4 is 29.0 Å². The topological polar surface area (TPSA) is 109 Å². The zero-order chi connectivity index (χ0) is 30.2. The van der Waals surface area contributed by atoms with Crippen molar-refractivity contribution in [2.45, 2.75) is 25.9 Å². The summed E-state index contributed by atoms with van der Waals surface area (Å²) in [7, 11) is 6.12. The molecule has 1 amide bonds. The molecule has 2 heterocycles. The molecule has 4 rings (SSSR count). The van der Waals surface area contributed by atoms with E-state index in [1.165, 1.54) is 28.4 Å². The molecule has 4 aromatic rings. The summed E-state index contributed by atoms with van der Waals surface area (Å²) >= 11 is 6.85. The molecular weight excluding hydrogens is 558 g/mol. The number of ether oxygens (including phenoxy) is 4. The first-order valence-corrected chi connectivity index (χ1v) is 13.4. The molecule has 0 radical (unpaired) electrons. The van der Waals surface area contributed by atoms with E-state index < -0.39 is 12.6 Å². The second-order valence-electron chi connectivity index (χ2n) is 9.37. The SMILES string of the molecule is COC(OC)c1ccc(C(=O)Cc2cccc(-c3cccc(NC(=O)c4ccc(C(OC)OC)cn4)c3C)c2Cl)nc1. The van der Waals surface area contributed by atoms with Crippen molar-refractivity contribution in [1.82, 2.24) is 9.97 Å². The van der Waals surface area contributed by atoms with Gasteiger partial charge in [0.15, 0.2) is 18.4 Å². The molecule has 0 unspecified atom stereocenters. The molecule has 0 spiro atoms. The van der Waals surface area contributed by atoms with Crippen molar-refractivity contribution in [3.05, 3.63) is 112 Å². The van der Waals surface area contributed by atoms with Crippen LogP contribution < -0.4 is 5.32 Å². The number of hydrogen-bond acceptors (Lipinski definition) is 8. The van der Waals surface area contributed by atoms with Crippen LogP contribution in [-0.4, -0.2) is 50.1 Å². The molecule has 0 aliphatic rings. The lowest BCUT2D eigenvalue weighted by Crippen LogP contribution is -2.15. The van der Waals surface area contributed by atoms with E-state index in [1.807, 2.05) is 43.3 Å². The summed E-state index contributed by atoms with van der Waals surface area (Å²) in [6.07, 6.45) is 2.05. The van der Waals surface area contributed by atoms with Gasteiger partial charge in [-0.15, -0.1) is 0 Å². The van der Waals surface area contributed by atoms with Crippen LogP contribution in [0.2, 0.25) is 5.02 Å². The van der Waals surface area contributed by atoms with Gasteiger partial charge in [0.05, 0.1) is 5.02 Å². The smallest absolute Gasteiger partial charge is 0.274 e. The van der Waals surface area contributed by atoms with Crippen LogP contribution in [0.3, 0.4) is 0 Å². The van der Waals surface area contributed by atoms with Crippen molar-refractivity contribution in [2.24, 2.45) is 0 Å². The third-order valence-corrected chi connectivity index (χ3v) is 7.24. The number of carbonyl (C=O) groups is 2. The van der Waals surface area contributed by atoms with Gasteiger partial charge in [0.25, 0.3) is 5.91 Å². The monoisotopic (exact) mass is 589 g/mol. The Morgan fingerprint density at radius 3 is 1.86 bits per heavy atom. The van der Waals surface area contributed by atoms with Gasteiger partial charge in [-0.3, -0.25) is 19.6 Å². The van der Waals surface area contributed by atoms with Crippen molar-refractivity contribution in [2.75, 3.05) is 33.8 Å². The molecule has 9 nitrogen and oxygen atoms in total. The lowest BCUT2D eigenvalue weighted by atomic mass is 9.95. The summed E-state index contributed by atoms with van der Waals surface area (Å²) in [5.41, 5.74) is 5.63. The minimum Gasteiger partial charge on any atom is -0.352 e. The highest BCUT2D eigenvalue weighted by atomic mass is 35.5. The number of nitrogens with zero attached hydrogens (tertiary/aromatic N) is 2. The third kappa shape index (κ3) is 6.89. The fourth-order valence-corrected chi connectivity index (χ4v) is 4.86. The van der Waals surface area contributed by atoms with Gasteiger partial charge in [-0.2, -0.15) is 0 Å². The van der Waals surface area contributed by atoms with E-state index in [2.05, 4.69) is 15.3 Å². The molecule has 42 heavy (non-hydrogen) atoms. The summed E-state index contributed by atoms with van der Waals surface area (Å²) in [5.74, 6) is -0.537. The normalized spacial score (nSPS) is 11.2. The molecule has 0 saturated carbocycles. The van der Waals surface area contributed by atoms with Crippen LogP contribution in [0.4, 0.5) is 5.69 Å². The quantitative estimate of drug-likeness (QED) is 0.150. The second kappa shape index (κ2) is 14.3. The number of anilines is 1. The zero-order valence-corrected chi connectivity index (χ0v) is 24.8. The fraction of sp³-hybridized carbons (Fsp3) is 0.250. The Balaban J connectivity index is 1.53. The first-order valence-electron chi connectivity index (χ1n) is 13.1. The summed E-state index contributed by atoms with van der Waals surface area (Å²) in [6, 6.07) is 17.9. The highest BCUT2D eigenvalue weighted by Crippen LogP contribution is 2.36. The summed E-state index contributed by atoms with van der Waals surface area (Å²) in [6.45, 7) is 1.90. The molecule has 2 aromatic heterocycles. The number of nitrogens with one attached hydrogen (secondary N) is 1. The number of amides is 1. The average molecular weight is 590 g/mol. The summed E-state index contributed by atoms with van der Waals surface area (Å²) < 4.78 is 20.9. The van der Waals surface area contributed by atoms with Gasteiger partial charge in [-0.25, -0.2) is 0 Å². The Bertz CT molecular complexity index is 1420. The van der Waals surface area contributed by atoms with Crippen LogP contribution in [0.15, 0.2) is 73.1 Å². The van der Waals surface area contributed by atoms with Crippen molar-refractivity contribution < 1.29 is 28.5 Å². The second-order valence-corrected chi connectivity index (χ2v) is 9.75. The highest BCUT2D eigenvalue weighted by Gasteiger charge is 2.18. The molecule has 2 aromatic carbocycles. The largest absolute Gasteiger partial charge is 0.352 e. The van der Waals surface area contributed by atoms with Gasteiger partial charge < -0.3 is 24.3 Å². The predicted octanol–water partition coefficient (Wildman–Crippen LogP) is 6.37. The molecule has 0 saturated heterocycles. The number of methoxy groups -OCH3 is 4. The van der Waals surface area contributed by atoms with Crippen LogP contribution in [0.25, 0.3) is 11.1 Å². The number of Topliss-reactive ketones (excluding diaryl/α,β-unsaturated/α-hetero) is 1. The van der Waals surface area contributed by atoms with E-state index in [9.17, 15) is 9.59 Å². The van der Waals surface area contributed by atoms with Crippen LogP contribution >= 0.6 is 11.6 Å². The van der Waals surface area contributed by atoms with Gasteiger partial charge >= 0.3 is 0 Å². The maximum Gasteiger partial charge on any atom is 0.274 e. The fourth-order valence-electron chi connectivity index (χ4n) is 4.56. The number of pyridine rings is 2. The van der Waals surface area contributed by atoms with E-state index in [1.54, 1.807) is 36.7 Å². The minimum absolute atomic E-state index is 0.0706. The minimum atomic E-state index is -0.564. The molecule has 0 fully saturated rings. The van der Waals surface area contributed by atoms with Gasteiger partial charge in [-0.05, 0) is 41.8 Å². The first-order chi connectivity index (χ1) is 20.3. The lowest BCUT2D eigenvalue weighted by molar-refractivity contribution is -0.106. The first kappa shape index (κ1) is 31.0. The molecule has 0 aliphatic carbocycles. The zero-order valence-electron chi connectivity index (χ0n) is 24.0. The number of benzene rings is 2. The summed E-state index contributed by atoms with van der Waals surface area (Å²) in [5, 5.41) is 3.39. The van der Waals surface area contributed by atoms with E-state index in [0.717, 1.165) is 16.7 Å². The van der Waals surface area contributed by atoms with E-state index in [-0.39, 0.29) is 23.8 Å². The molecule has 1 N–H and O–H groups in total. The Kier molecular flexibility index (Phi) is 10.5. The number of aromatic nitrogens is 2. The van der Waals surface area contributed by atoms with Crippen molar-refractivity contribution in [3.63, 3.8) is 0 Å². The van der Waals surface area contributed by atoms with Crippen molar-refractivity contribution in [1.29, 1.82) is 0 Å². The van der Waals surface area contributed by atoms with Crippen LogP contribution in [0.1, 0.15) is 55.8 Å². The Hall–Kier alpha value is -3.99. The van der Waals surface area contributed by atoms with Crippen LogP contribution in [0, 0.1) is 6.92 Å². The number of hydrogen-bond donors (Lipinski definition) is 1. The number of halogens is 1. The van der Waals surface area contributed by atoms with Crippen LogP contribution in [0.5, 0.6) is 0 Å². The van der Waals surface area contributed by atoms with Crippen molar-refractivity contribution in [3.8, 4) is 11.1 Å². The van der Waals surface area contributed by atoms with Gasteiger partial charge in [0.1, 0.15) is 11.4 Å². The van der Waals surface area contributed by atoms with E-state index in [0.29, 0.717) is 33.1 Å². The van der Waals surface area contributed by atoms with Crippen LogP contribution in [-0.2, 0) is 25.4 Å². The molecule has 0 aliphatic heterocycles. The number of rotatable bonds is 12. The molecule has 0 atom stereocenters. The molecular formula is C32H32ClN3O6. The van der Waals surface area contributed by atoms with E-state index in [4.69, 9.17) is 30.5 Å². The molecule has 0 bridgehead atoms. The Morgan fingerprint density at radius 2 is 1.31 bits per heavy atom.